The van der Waals surface area contributed by atoms with Crippen molar-refractivity contribution in [2.45, 2.75) is 4.90 Å². The van der Waals surface area contributed by atoms with Gasteiger partial charge in [-0.2, -0.15) is 4.31 Å². The van der Waals surface area contributed by atoms with Crippen molar-refractivity contribution in [1.82, 2.24) is 4.31 Å². The summed E-state index contributed by atoms with van der Waals surface area (Å²) in [7, 11) is -3.55. The van der Waals surface area contributed by atoms with E-state index in [0.29, 0.717) is 37.7 Å². The Labute approximate surface area is 158 Å². The molecule has 1 heterocycles. The van der Waals surface area contributed by atoms with Gasteiger partial charge in [-0.1, -0.05) is 35.9 Å². The highest BCUT2D eigenvalue weighted by atomic mass is 35.5. The molecule has 0 aromatic heterocycles. The van der Waals surface area contributed by atoms with Crippen LogP contribution in [0.4, 0.5) is 5.69 Å². The SMILES string of the molecule is O=C(C[NH+]1CCN(S(=O)(=O)c2cccc(Cl)c2)CC1)Nc1ccccc1. The average molecular weight is 395 g/mol. The number of hydrogen-bond acceptors (Lipinski definition) is 3. The smallest absolute Gasteiger partial charge is 0.279 e. The Hall–Kier alpha value is -1.93. The monoisotopic (exact) mass is 394 g/mol. The van der Waals surface area contributed by atoms with E-state index in [0.717, 1.165) is 10.6 Å². The molecule has 0 aliphatic carbocycles. The van der Waals surface area contributed by atoms with Gasteiger partial charge in [-0.3, -0.25) is 4.79 Å². The number of para-hydroxylation sites is 1. The lowest BCUT2D eigenvalue weighted by Gasteiger charge is -2.31. The number of rotatable bonds is 5. The van der Waals surface area contributed by atoms with Crippen LogP contribution in [0.5, 0.6) is 0 Å². The number of amides is 1. The maximum Gasteiger partial charge on any atom is 0.279 e. The van der Waals surface area contributed by atoms with Crippen LogP contribution in [0.2, 0.25) is 5.02 Å². The Morgan fingerprint density at radius 1 is 1.08 bits per heavy atom. The first-order valence-corrected chi connectivity index (χ1v) is 10.2. The molecule has 0 radical (unpaired) electrons. The molecule has 2 N–H and O–H groups in total. The normalized spacial score (nSPS) is 16.3. The number of nitrogens with one attached hydrogen (secondary N) is 2. The molecule has 1 aliphatic heterocycles. The minimum atomic E-state index is -3.55. The molecule has 1 aliphatic rings. The summed E-state index contributed by atoms with van der Waals surface area (Å²) >= 11 is 5.91. The Bertz CT molecular complexity index is 866. The van der Waals surface area contributed by atoms with Crippen LogP contribution >= 0.6 is 11.6 Å². The molecule has 1 amide bonds. The van der Waals surface area contributed by atoms with E-state index in [4.69, 9.17) is 11.6 Å². The number of carbonyl (C=O) groups excluding carboxylic acids is 1. The minimum Gasteiger partial charge on any atom is -0.325 e. The van der Waals surface area contributed by atoms with Gasteiger partial charge < -0.3 is 10.2 Å². The van der Waals surface area contributed by atoms with Gasteiger partial charge in [0.05, 0.1) is 31.1 Å². The quantitative estimate of drug-likeness (QED) is 0.790. The largest absolute Gasteiger partial charge is 0.325 e. The third-order valence-corrected chi connectivity index (χ3v) is 6.46. The lowest BCUT2D eigenvalue weighted by atomic mass is 10.3. The molecule has 0 atom stereocenters. The van der Waals surface area contributed by atoms with Crippen LogP contribution in [0.3, 0.4) is 0 Å². The summed E-state index contributed by atoms with van der Waals surface area (Å²) in [5.41, 5.74) is 0.763. The fraction of sp³-hybridized carbons (Fsp3) is 0.278. The Kier molecular flexibility index (Phi) is 5.93. The number of benzene rings is 2. The average Bonchev–Trinajstić information content (AvgIpc) is 2.63. The number of carbonyl (C=O) groups is 1. The summed E-state index contributed by atoms with van der Waals surface area (Å²) in [6, 6.07) is 15.6. The standard InChI is InChI=1S/C18H20ClN3O3S/c19-15-5-4-8-17(13-15)26(24,25)22-11-9-21(10-12-22)14-18(23)20-16-6-2-1-3-7-16/h1-8,13H,9-12,14H2,(H,20,23)/p+1. The third-order valence-electron chi connectivity index (χ3n) is 4.33. The first-order valence-electron chi connectivity index (χ1n) is 8.39. The van der Waals surface area contributed by atoms with Crippen LogP contribution in [0.1, 0.15) is 0 Å². The number of halogens is 1. The fourth-order valence-corrected chi connectivity index (χ4v) is 4.69. The van der Waals surface area contributed by atoms with E-state index in [1.54, 1.807) is 18.2 Å². The highest BCUT2D eigenvalue weighted by Gasteiger charge is 2.31. The Morgan fingerprint density at radius 2 is 1.77 bits per heavy atom. The molecule has 3 rings (SSSR count). The molecule has 0 saturated carbocycles. The summed E-state index contributed by atoms with van der Waals surface area (Å²) in [6.45, 7) is 2.25. The van der Waals surface area contributed by atoms with Crippen LogP contribution in [0.25, 0.3) is 0 Å². The van der Waals surface area contributed by atoms with Gasteiger partial charge in [-0.05, 0) is 30.3 Å². The van der Waals surface area contributed by atoms with Crippen LogP contribution in [-0.2, 0) is 14.8 Å². The van der Waals surface area contributed by atoms with Gasteiger partial charge in [0, 0.05) is 10.7 Å². The number of hydrogen-bond donors (Lipinski definition) is 2. The predicted molar refractivity (Wildman–Crippen MR) is 101 cm³/mol. The van der Waals surface area contributed by atoms with Gasteiger partial charge in [0.15, 0.2) is 6.54 Å². The predicted octanol–water partition coefficient (Wildman–Crippen LogP) is 0.868. The minimum absolute atomic E-state index is 0.0719. The van der Waals surface area contributed by atoms with Crippen LogP contribution in [-0.4, -0.2) is 51.4 Å². The molecule has 26 heavy (non-hydrogen) atoms. The maximum atomic E-state index is 12.7. The summed E-state index contributed by atoms with van der Waals surface area (Å²) in [6.07, 6.45) is 0. The van der Waals surface area contributed by atoms with Gasteiger partial charge in [-0.15, -0.1) is 0 Å². The van der Waals surface area contributed by atoms with Crippen molar-refractivity contribution in [3.8, 4) is 0 Å². The van der Waals surface area contributed by atoms with E-state index in [-0.39, 0.29) is 10.8 Å². The lowest BCUT2D eigenvalue weighted by molar-refractivity contribution is -0.895. The van der Waals surface area contributed by atoms with Gasteiger partial charge in [-0.25, -0.2) is 8.42 Å². The second-order valence-electron chi connectivity index (χ2n) is 6.20. The van der Waals surface area contributed by atoms with Crippen molar-refractivity contribution in [2.75, 3.05) is 38.0 Å². The number of anilines is 1. The first kappa shape index (κ1) is 18.8. The fourth-order valence-electron chi connectivity index (χ4n) is 2.95. The molecule has 138 valence electrons. The molecule has 0 unspecified atom stereocenters. The second-order valence-corrected chi connectivity index (χ2v) is 8.58. The molecule has 1 fully saturated rings. The second kappa shape index (κ2) is 8.18. The summed E-state index contributed by atoms with van der Waals surface area (Å²) in [5, 5.41) is 3.25. The highest BCUT2D eigenvalue weighted by molar-refractivity contribution is 7.89. The van der Waals surface area contributed by atoms with Crippen molar-refractivity contribution in [3.05, 3.63) is 59.6 Å². The van der Waals surface area contributed by atoms with Crippen molar-refractivity contribution in [1.29, 1.82) is 0 Å². The lowest BCUT2D eigenvalue weighted by Crippen LogP contribution is -3.15. The number of sulfonamides is 1. The van der Waals surface area contributed by atoms with Gasteiger partial charge in [0.2, 0.25) is 10.0 Å². The van der Waals surface area contributed by atoms with Crippen molar-refractivity contribution >= 4 is 33.2 Å². The zero-order valence-electron chi connectivity index (χ0n) is 14.2. The number of nitrogens with zero attached hydrogens (tertiary/aromatic N) is 1. The van der Waals surface area contributed by atoms with E-state index in [1.807, 2.05) is 30.3 Å². The highest BCUT2D eigenvalue weighted by Crippen LogP contribution is 2.19. The van der Waals surface area contributed by atoms with Crippen LogP contribution < -0.4 is 10.2 Å². The van der Waals surface area contributed by atoms with Gasteiger partial charge >= 0.3 is 0 Å². The molecule has 8 heteroatoms. The Morgan fingerprint density at radius 3 is 2.42 bits per heavy atom. The molecular weight excluding hydrogens is 374 g/mol. The summed E-state index contributed by atoms with van der Waals surface area (Å²) < 4.78 is 26.8. The number of quaternary nitrogens is 1. The molecule has 2 aromatic rings. The zero-order chi connectivity index (χ0) is 18.6. The molecule has 1 saturated heterocycles. The van der Waals surface area contributed by atoms with Gasteiger partial charge in [0.25, 0.3) is 5.91 Å². The van der Waals surface area contributed by atoms with E-state index in [9.17, 15) is 13.2 Å². The van der Waals surface area contributed by atoms with Crippen LogP contribution in [0.15, 0.2) is 59.5 Å². The molecule has 0 bridgehead atoms. The van der Waals surface area contributed by atoms with E-state index >= 15 is 0 Å². The topological polar surface area (TPSA) is 70.9 Å². The van der Waals surface area contributed by atoms with Crippen molar-refractivity contribution < 1.29 is 18.1 Å². The molecule has 0 spiro atoms. The van der Waals surface area contributed by atoms with E-state index < -0.39 is 10.0 Å². The first-order chi connectivity index (χ1) is 12.4. The number of piperazine rings is 1. The van der Waals surface area contributed by atoms with Crippen LogP contribution in [0, 0.1) is 0 Å². The summed E-state index contributed by atoms with van der Waals surface area (Å²) in [4.78, 5) is 13.4. The van der Waals surface area contributed by atoms with Gasteiger partial charge in [0.1, 0.15) is 0 Å². The van der Waals surface area contributed by atoms with E-state index in [2.05, 4.69) is 5.32 Å². The van der Waals surface area contributed by atoms with Crippen molar-refractivity contribution in [2.24, 2.45) is 0 Å². The molecular formula is C18H21ClN3O3S+. The Balaban J connectivity index is 1.55. The van der Waals surface area contributed by atoms with Crippen molar-refractivity contribution in [3.63, 3.8) is 0 Å². The molecule has 6 nitrogen and oxygen atoms in total. The summed E-state index contributed by atoms with van der Waals surface area (Å²) in [5.74, 6) is -0.0719. The van der Waals surface area contributed by atoms with E-state index in [1.165, 1.54) is 10.4 Å². The third kappa shape index (κ3) is 4.62. The zero-order valence-corrected chi connectivity index (χ0v) is 15.8. The molecule has 2 aromatic carbocycles. The maximum absolute atomic E-state index is 12.7.